The molecule has 0 aliphatic carbocycles. The van der Waals surface area contributed by atoms with Gasteiger partial charge in [-0.25, -0.2) is 4.39 Å². The molecule has 2 nitrogen and oxygen atoms in total. The summed E-state index contributed by atoms with van der Waals surface area (Å²) in [6.45, 7) is 0.555. The van der Waals surface area contributed by atoms with E-state index in [-0.39, 0.29) is 30.3 Å². The Morgan fingerprint density at radius 1 is 0.897 bits per heavy atom. The lowest BCUT2D eigenvalue weighted by atomic mass is 9.92. The first-order valence-corrected chi connectivity index (χ1v) is 9.04. The topological polar surface area (TPSA) is 24.1 Å². The zero-order chi connectivity index (χ0) is 21.2. The fourth-order valence-electron chi connectivity index (χ4n) is 3.50. The second kappa shape index (κ2) is 8.31. The standard InChI is InChI=1S/C20H19F7N2/c21-16-5-3-13(4-6-16)18-17(2-1-7-28-18)29-11-12-8-14(19(22,23)24)10-15(9-12)20(25,26)27/h3-6,8-10,17-18,28-29H,1-2,7,11H2/t17-,18-/m0/s1. The zero-order valence-electron chi connectivity index (χ0n) is 15.2. The highest BCUT2D eigenvalue weighted by Gasteiger charge is 2.37. The summed E-state index contributed by atoms with van der Waals surface area (Å²) in [5.74, 6) is -0.391. The molecule has 1 aliphatic rings. The highest BCUT2D eigenvalue weighted by atomic mass is 19.4. The van der Waals surface area contributed by atoms with E-state index in [1.807, 2.05) is 0 Å². The lowest BCUT2D eigenvalue weighted by Gasteiger charge is -2.34. The van der Waals surface area contributed by atoms with Gasteiger partial charge in [-0.2, -0.15) is 26.3 Å². The maximum Gasteiger partial charge on any atom is 0.416 e. The third-order valence-electron chi connectivity index (χ3n) is 4.90. The van der Waals surface area contributed by atoms with Gasteiger partial charge < -0.3 is 10.6 Å². The first-order valence-electron chi connectivity index (χ1n) is 9.04. The summed E-state index contributed by atoms with van der Waals surface area (Å²) in [6.07, 6.45) is -8.27. The van der Waals surface area contributed by atoms with E-state index in [1.54, 1.807) is 12.1 Å². The Labute approximate surface area is 163 Å². The van der Waals surface area contributed by atoms with Crippen LogP contribution < -0.4 is 10.6 Å². The minimum atomic E-state index is -4.88. The van der Waals surface area contributed by atoms with Crippen molar-refractivity contribution in [2.75, 3.05) is 6.54 Å². The predicted molar refractivity (Wildman–Crippen MR) is 93.5 cm³/mol. The average Bonchev–Trinajstić information content (AvgIpc) is 2.66. The zero-order valence-corrected chi connectivity index (χ0v) is 15.2. The predicted octanol–water partition coefficient (Wildman–Crippen LogP) is 5.45. The summed E-state index contributed by atoms with van der Waals surface area (Å²) in [4.78, 5) is 0. The van der Waals surface area contributed by atoms with Crippen LogP contribution in [0, 0.1) is 5.82 Å². The summed E-state index contributed by atoms with van der Waals surface area (Å²) >= 11 is 0. The van der Waals surface area contributed by atoms with Gasteiger partial charge in [0.25, 0.3) is 0 Å². The number of rotatable bonds is 4. The Morgan fingerprint density at radius 3 is 2.03 bits per heavy atom. The van der Waals surface area contributed by atoms with Crippen LogP contribution in [0.1, 0.15) is 41.1 Å². The van der Waals surface area contributed by atoms with Crippen molar-refractivity contribution in [3.63, 3.8) is 0 Å². The van der Waals surface area contributed by atoms with Gasteiger partial charge in [0.15, 0.2) is 0 Å². The summed E-state index contributed by atoms with van der Waals surface area (Å²) in [5.41, 5.74) is -1.97. The van der Waals surface area contributed by atoms with Crippen molar-refractivity contribution in [2.45, 2.75) is 43.8 Å². The normalized spacial score (nSPS) is 20.7. The lowest BCUT2D eigenvalue weighted by molar-refractivity contribution is -0.143. The number of alkyl halides is 6. The summed E-state index contributed by atoms with van der Waals surface area (Å²) in [5, 5.41) is 6.33. The monoisotopic (exact) mass is 420 g/mol. The Balaban J connectivity index is 1.80. The molecule has 0 bridgehead atoms. The van der Waals surface area contributed by atoms with Crippen molar-refractivity contribution in [3.05, 3.63) is 70.5 Å². The molecule has 1 saturated heterocycles. The van der Waals surface area contributed by atoms with Gasteiger partial charge in [-0.05, 0) is 60.8 Å². The first kappa shape index (κ1) is 21.6. The van der Waals surface area contributed by atoms with Gasteiger partial charge in [-0.1, -0.05) is 12.1 Å². The van der Waals surface area contributed by atoms with Gasteiger partial charge >= 0.3 is 12.4 Å². The second-order valence-corrected chi connectivity index (χ2v) is 7.03. The van der Waals surface area contributed by atoms with Crippen LogP contribution in [0.15, 0.2) is 42.5 Å². The van der Waals surface area contributed by atoms with Crippen molar-refractivity contribution < 1.29 is 30.7 Å². The molecule has 0 spiro atoms. The van der Waals surface area contributed by atoms with Gasteiger partial charge in [0.2, 0.25) is 0 Å². The van der Waals surface area contributed by atoms with E-state index < -0.39 is 29.3 Å². The van der Waals surface area contributed by atoms with E-state index in [9.17, 15) is 30.7 Å². The van der Waals surface area contributed by atoms with Crippen LogP contribution >= 0.6 is 0 Å². The molecular formula is C20H19F7N2. The molecule has 1 fully saturated rings. The van der Waals surface area contributed by atoms with Crippen LogP contribution in [0.2, 0.25) is 0 Å². The first-order chi connectivity index (χ1) is 13.5. The van der Waals surface area contributed by atoms with Crippen LogP contribution in [-0.2, 0) is 18.9 Å². The van der Waals surface area contributed by atoms with Crippen LogP contribution in [0.4, 0.5) is 30.7 Å². The van der Waals surface area contributed by atoms with Crippen molar-refractivity contribution in [1.82, 2.24) is 10.6 Å². The Morgan fingerprint density at radius 2 is 1.48 bits per heavy atom. The van der Waals surface area contributed by atoms with Crippen LogP contribution in [0.25, 0.3) is 0 Å². The number of piperidine rings is 1. The van der Waals surface area contributed by atoms with Gasteiger partial charge in [0, 0.05) is 18.6 Å². The van der Waals surface area contributed by atoms with Crippen LogP contribution in [-0.4, -0.2) is 12.6 Å². The molecule has 9 heteroatoms. The van der Waals surface area contributed by atoms with E-state index in [4.69, 9.17) is 0 Å². The smallest absolute Gasteiger partial charge is 0.309 e. The van der Waals surface area contributed by atoms with Gasteiger partial charge in [-0.3, -0.25) is 0 Å². The minimum absolute atomic E-state index is 0.101. The molecule has 2 aromatic carbocycles. The molecule has 1 aliphatic heterocycles. The number of hydrogen-bond donors (Lipinski definition) is 2. The summed E-state index contributed by atoms with van der Waals surface area (Å²) < 4.78 is 91.3. The lowest BCUT2D eigenvalue weighted by Crippen LogP contribution is -2.45. The van der Waals surface area contributed by atoms with Crippen molar-refractivity contribution in [3.8, 4) is 0 Å². The molecule has 0 unspecified atom stereocenters. The summed E-state index contributed by atoms with van der Waals surface area (Å²) in [7, 11) is 0. The largest absolute Gasteiger partial charge is 0.416 e. The van der Waals surface area contributed by atoms with E-state index in [0.29, 0.717) is 13.0 Å². The van der Waals surface area contributed by atoms with E-state index >= 15 is 0 Å². The van der Waals surface area contributed by atoms with E-state index in [1.165, 1.54) is 12.1 Å². The molecular weight excluding hydrogens is 401 g/mol. The number of nitrogens with one attached hydrogen (secondary N) is 2. The molecule has 2 aromatic rings. The van der Waals surface area contributed by atoms with Crippen LogP contribution in [0.3, 0.4) is 0 Å². The molecule has 29 heavy (non-hydrogen) atoms. The molecule has 1 heterocycles. The third-order valence-corrected chi connectivity index (χ3v) is 4.90. The number of benzene rings is 2. The molecule has 158 valence electrons. The van der Waals surface area contributed by atoms with Crippen molar-refractivity contribution >= 4 is 0 Å². The number of halogens is 7. The molecule has 0 amide bonds. The molecule has 0 saturated carbocycles. The van der Waals surface area contributed by atoms with Gasteiger partial charge in [0.1, 0.15) is 5.82 Å². The maximum atomic E-state index is 13.2. The second-order valence-electron chi connectivity index (χ2n) is 7.03. The maximum absolute atomic E-state index is 13.2. The van der Waals surface area contributed by atoms with Gasteiger partial charge in [-0.15, -0.1) is 0 Å². The number of hydrogen-bond acceptors (Lipinski definition) is 2. The fraction of sp³-hybridized carbons (Fsp3) is 0.400. The Bertz CT molecular complexity index is 796. The minimum Gasteiger partial charge on any atom is -0.309 e. The molecule has 2 N–H and O–H groups in total. The van der Waals surface area contributed by atoms with E-state index in [2.05, 4.69) is 10.6 Å². The Kier molecular flexibility index (Phi) is 6.19. The van der Waals surface area contributed by atoms with Gasteiger partial charge in [0.05, 0.1) is 11.1 Å². The quantitative estimate of drug-likeness (QED) is 0.644. The SMILES string of the molecule is Fc1ccc([C@@H]2NCCC[C@@H]2NCc2cc(C(F)(F)F)cc(C(F)(F)F)c2)cc1. The molecule has 3 rings (SSSR count). The van der Waals surface area contributed by atoms with Crippen molar-refractivity contribution in [2.24, 2.45) is 0 Å². The molecule has 2 atom stereocenters. The molecule has 0 radical (unpaired) electrons. The molecule has 0 aromatic heterocycles. The third kappa shape index (κ3) is 5.48. The van der Waals surface area contributed by atoms with Crippen molar-refractivity contribution in [1.29, 1.82) is 0 Å². The highest BCUT2D eigenvalue weighted by Crippen LogP contribution is 2.36. The highest BCUT2D eigenvalue weighted by molar-refractivity contribution is 5.34. The van der Waals surface area contributed by atoms with E-state index in [0.717, 1.165) is 24.1 Å². The Hall–Kier alpha value is -2.13. The average molecular weight is 420 g/mol. The fourth-order valence-corrected chi connectivity index (χ4v) is 3.50. The summed E-state index contributed by atoms with van der Waals surface area (Å²) in [6, 6.07) is 6.97. The van der Waals surface area contributed by atoms with Crippen LogP contribution in [0.5, 0.6) is 0 Å².